The molecule has 1 unspecified atom stereocenters. The Morgan fingerprint density at radius 2 is 1.50 bits per heavy atom. The predicted molar refractivity (Wildman–Crippen MR) is 82.1 cm³/mol. The van der Waals surface area contributed by atoms with Crippen molar-refractivity contribution in [3.8, 4) is 0 Å². The number of thioether (sulfide) groups is 1. The van der Waals surface area contributed by atoms with Gasteiger partial charge in [-0.25, -0.2) is 0 Å². The Morgan fingerprint density at radius 1 is 0.889 bits per heavy atom. The van der Waals surface area contributed by atoms with Crippen LogP contribution < -0.4 is 0 Å². The fourth-order valence-electron chi connectivity index (χ4n) is 2.07. The molecule has 0 N–H and O–H groups in total. The average molecular weight is 256 g/mol. The van der Waals surface area contributed by atoms with Crippen LogP contribution in [0.4, 0.5) is 0 Å². The molecule has 2 aromatic carbocycles. The minimum atomic E-state index is 0.680. The van der Waals surface area contributed by atoms with Gasteiger partial charge in [-0.15, -0.1) is 0 Å². The minimum absolute atomic E-state index is 0.680. The second-order valence-corrected chi connectivity index (χ2v) is 5.55. The van der Waals surface area contributed by atoms with Gasteiger partial charge in [0.1, 0.15) is 0 Å². The Kier molecular flexibility index (Phi) is 5.35. The number of hydrogen-bond acceptors (Lipinski definition) is 1. The van der Waals surface area contributed by atoms with Crippen molar-refractivity contribution in [2.24, 2.45) is 0 Å². The van der Waals surface area contributed by atoms with E-state index in [1.54, 1.807) is 0 Å². The van der Waals surface area contributed by atoms with Gasteiger partial charge in [0.15, 0.2) is 0 Å². The summed E-state index contributed by atoms with van der Waals surface area (Å²) in [6.45, 7) is 2.28. The standard InChI is InChI=1S/C17H20S/c1-2-16(17-11-7-4-8-12-17)14-18-13-15-9-5-3-6-10-15/h3-12,16H,2,13-14H2,1H3. The lowest BCUT2D eigenvalue weighted by molar-refractivity contribution is 0.744. The first kappa shape index (κ1) is 13.2. The van der Waals surface area contributed by atoms with Crippen LogP contribution in [0.25, 0.3) is 0 Å². The number of hydrogen-bond donors (Lipinski definition) is 0. The second-order valence-electron chi connectivity index (χ2n) is 4.52. The van der Waals surface area contributed by atoms with Crippen LogP contribution in [0.2, 0.25) is 0 Å². The van der Waals surface area contributed by atoms with Crippen molar-refractivity contribution in [1.29, 1.82) is 0 Å². The van der Waals surface area contributed by atoms with E-state index in [2.05, 4.69) is 67.6 Å². The predicted octanol–water partition coefficient (Wildman–Crippen LogP) is 5.11. The van der Waals surface area contributed by atoms with Crippen molar-refractivity contribution >= 4 is 11.8 Å². The van der Waals surface area contributed by atoms with E-state index in [4.69, 9.17) is 0 Å². The zero-order valence-corrected chi connectivity index (χ0v) is 11.7. The summed E-state index contributed by atoms with van der Waals surface area (Å²) in [5.74, 6) is 3.00. The first-order valence-electron chi connectivity index (χ1n) is 6.56. The van der Waals surface area contributed by atoms with E-state index < -0.39 is 0 Å². The highest BCUT2D eigenvalue weighted by molar-refractivity contribution is 7.98. The van der Waals surface area contributed by atoms with Crippen LogP contribution >= 0.6 is 11.8 Å². The molecule has 0 nitrogen and oxygen atoms in total. The normalized spacial score (nSPS) is 12.3. The van der Waals surface area contributed by atoms with Crippen molar-refractivity contribution in [2.45, 2.75) is 25.0 Å². The molecule has 2 rings (SSSR count). The van der Waals surface area contributed by atoms with Crippen LogP contribution in [-0.4, -0.2) is 5.75 Å². The highest BCUT2D eigenvalue weighted by atomic mass is 32.2. The van der Waals surface area contributed by atoms with Crippen molar-refractivity contribution < 1.29 is 0 Å². The van der Waals surface area contributed by atoms with Gasteiger partial charge < -0.3 is 0 Å². The molecule has 0 aliphatic carbocycles. The Hall–Kier alpha value is -1.21. The Balaban J connectivity index is 1.85. The molecule has 1 heteroatoms. The van der Waals surface area contributed by atoms with E-state index in [1.165, 1.54) is 23.3 Å². The summed E-state index contributed by atoms with van der Waals surface area (Å²) in [5, 5.41) is 0. The van der Waals surface area contributed by atoms with Crippen LogP contribution in [0.1, 0.15) is 30.4 Å². The molecule has 0 aromatic heterocycles. The third-order valence-electron chi connectivity index (χ3n) is 3.19. The van der Waals surface area contributed by atoms with Crippen molar-refractivity contribution in [3.05, 3.63) is 71.8 Å². The molecule has 0 amide bonds. The van der Waals surface area contributed by atoms with E-state index in [0.717, 1.165) is 5.75 Å². The van der Waals surface area contributed by atoms with Gasteiger partial charge in [0.25, 0.3) is 0 Å². The van der Waals surface area contributed by atoms with Gasteiger partial charge in [-0.3, -0.25) is 0 Å². The number of rotatable bonds is 6. The molecular weight excluding hydrogens is 236 g/mol. The van der Waals surface area contributed by atoms with Gasteiger partial charge in [0, 0.05) is 11.5 Å². The lowest BCUT2D eigenvalue weighted by Gasteiger charge is -2.14. The maximum atomic E-state index is 2.28. The highest BCUT2D eigenvalue weighted by Crippen LogP contribution is 2.25. The molecule has 0 radical (unpaired) electrons. The molecule has 0 heterocycles. The molecule has 0 saturated heterocycles. The summed E-state index contributed by atoms with van der Waals surface area (Å²) in [4.78, 5) is 0. The van der Waals surface area contributed by atoms with E-state index in [-0.39, 0.29) is 0 Å². The molecule has 0 saturated carbocycles. The summed E-state index contributed by atoms with van der Waals surface area (Å²) in [7, 11) is 0. The summed E-state index contributed by atoms with van der Waals surface area (Å²) in [6.07, 6.45) is 1.21. The second kappa shape index (κ2) is 7.27. The molecule has 94 valence electrons. The largest absolute Gasteiger partial charge is 0.157 e. The lowest BCUT2D eigenvalue weighted by Crippen LogP contribution is -2.00. The SMILES string of the molecule is CCC(CSCc1ccccc1)c1ccccc1. The van der Waals surface area contributed by atoms with Crippen LogP contribution in [0.15, 0.2) is 60.7 Å². The maximum Gasteiger partial charge on any atom is 0.0184 e. The first-order valence-corrected chi connectivity index (χ1v) is 7.72. The monoisotopic (exact) mass is 256 g/mol. The summed E-state index contributed by atoms with van der Waals surface area (Å²) >= 11 is 2.03. The maximum absolute atomic E-state index is 2.28. The van der Waals surface area contributed by atoms with Gasteiger partial charge >= 0.3 is 0 Å². The lowest BCUT2D eigenvalue weighted by atomic mass is 9.99. The van der Waals surface area contributed by atoms with Crippen molar-refractivity contribution in [2.75, 3.05) is 5.75 Å². The van der Waals surface area contributed by atoms with Crippen LogP contribution in [-0.2, 0) is 5.75 Å². The Labute approximate surface area is 114 Å². The summed E-state index contributed by atoms with van der Waals surface area (Å²) in [6, 6.07) is 21.6. The van der Waals surface area contributed by atoms with E-state index in [9.17, 15) is 0 Å². The molecule has 18 heavy (non-hydrogen) atoms. The summed E-state index contributed by atoms with van der Waals surface area (Å²) < 4.78 is 0. The molecule has 0 fully saturated rings. The highest BCUT2D eigenvalue weighted by Gasteiger charge is 2.08. The molecule has 0 aliphatic heterocycles. The Morgan fingerprint density at radius 3 is 2.11 bits per heavy atom. The van der Waals surface area contributed by atoms with Crippen molar-refractivity contribution in [1.82, 2.24) is 0 Å². The fraction of sp³-hybridized carbons (Fsp3) is 0.294. The topological polar surface area (TPSA) is 0 Å². The summed E-state index contributed by atoms with van der Waals surface area (Å²) in [5.41, 5.74) is 2.89. The van der Waals surface area contributed by atoms with Crippen LogP contribution in [0.3, 0.4) is 0 Å². The minimum Gasteiger partial charge on any atom is -0.157 e. The van der Waals surface area contributed by atoms with E-state index in [0.29, 0.717) is 5.92 Å². The van der Waals surface area contributed by atoms with E-state index in [1.807, 2.05) is 11.8 Å². The average Bonchev–Trinajstić information content (AvgIpc) is 2.46. The third kappa shape index (κ3) is 3.92. The number of benzene rings is 2. The fourth-order valence-corrected chi connectivity index (χ4v) is 3.33. The van der Waals surface area contributed by atoms with Gasteiger partial charge in [0.2, 0.25) is 0 Å². The zero-order chi connectivity index (χ0) is 12.6. The van der Waals surface area contributed by atoms with Crippen LogP contribution in [0.5, 0.6) is 0 Å². The third-order valence-corrected chi connectivity index (χ3v) is 4.37. The zero-order valence-electron chi connectivity index (χ0n) is 10.9. The quantitative estimate of drug-likeness (QED) is 0.691. The Bertz CT molecular complexity index is 436. The molecule has 2 aromatic rings. The van der Waals surface area contributed by atoms with Gasteiger partial charge in [0.05, 0.1) is 0 Å². The van der Waals surface area contributed by atoms with Crippen LogP contribution in [0, 0.1) is 0 Å². The van der Waals surface area contributed by atoms with Crippen molar-refractivity contribution in [3.63, 3.8) is 0 Å². The molecule has 0 aliphatic rings. The molecule has 1 atom stereocenters. The molecule has 0 bridgehead atoms. The van der Waals surface area contributed by atoms with Gasteiger partial charge in [-0.05, 0) is 23.5 Å². The first-order chi connectivity index (χ1) is 8.90. The molecule has 0 spiro atoms. The molecular formula is C17H20S. The van der Waals surface area contributed by atoms with Gasteiger partial charge in [-0.2, -0.15) is 11.8 Å². The van der Waals surface area contributed by atoms with Gasteiger partial charge in [-0.1, -0.05) is 67.6 Å². The van der Waals surface area contributed by atoms with E-state index >= 15 is 0 Å². The smallest absolute Gasteiger partial charge is 0.0184 e.